The summed E-state index contributed by atoms with van der Waals surface area (Å²) < 4.78 is 29.0. The normalized spacial score (nSPS) is 24.6. The van der Waals surface area contributed by atoms with Gasteiger partial charge in [-0.1, -0.05) is 42.3 Å². The summed E-state index contributed by atoms with van der Waals surface area (Å²) in [6, 6.07) is 7.30. The van der Waals surface area contributed by atoms with Crippen LogP contribution in [0.15, 0.2) is 42.0 Å². The number of rotatable bonds is 29. The molecular formula is C60H81ClN6O16S. The Morgan fingerprint density at radius 2 is 1.67 bits per heavy atom. The van der Waals surface area contributed by atoms with Crippen molar-refractivity contribution in [1.29, 1.82) is 0 Å². The van der Waals surface area contributed by atoms with Crippen LogP contribution in [0.25, 0.3) is 0 Å². The molecule has 4 aliphatic rings. The highest BCUT2D eigenvalue weighted by atomic mass is 35.5. The first-order valence-corrected chi connectivity index (χ1v) is 29.9. The fourth-order valence-corrected chi connectivity index (χ4v) is 12.3. The van der Waals surface area contributed by atoms with E-state index in [1.165, 1.54) is 45.0 Å². The lowest BCUT2D eigenvalue weighted by molar-refractivity contribution is -0.162. The van der Waals surface area contributed by atoms with Crippen molar-refractivity contribution >= 4 is 89.1 Å². The molecule has 22 nitrogen and oxygen atoms in total. The van der Waals surface area contributed by atoms with E-state index in [0.29, 0.717) is 61.8 Å². The number of imide groups is 1. The Morgan fingerprint density at radius 1 is 0.964 bits per heavy atom. The van der Waals surface area contributed by atoms with Crippen LogP contribution in [0.5, 0.6) is 5.75 Å². The van der Waals surface area contributed by atoms with Crippen molar-refractivity contribution < 1.29 is 76.7 Å². The minimum atomic E-state index is -1.77. The van der Waals surface area contributed by atoms with E-state index in [4.69, 9.17) is 35.3 Å². The van der Waals surface area contributed by atoms with Crippen LogP contribution in [0.4, 0.5) is 10.5 Å². The number of nitrogens with zero attached hydrogens (tertiary/aromatic N) is 3. The molecule has 3 aliphatic heterocycles. The maximum absolute atomic E-state index is 14.4. The number of epoxide rings is 1. The molecule has 7 unspecified atom stereocenters. The Balaban J connectivity index is 0.983. The highest BCUT2D eigenvalue weighted by Gasteiger charge is 2.64. The van der Waals surface area contributed by atoms with Gasteiger partial charge >= 0.3 is 12.1 Å². The van der Waals surface area contributed by atoms with Gasteiger partial charge in [0.2, 0.25) is 35.4 Å². The number of alkyl carbamates (subject to hydrolysis) is 1. The van der Waals surface area contributed by atoms with Crippen LogP contribution in [-0.2, 0) is 65.4 Å². The Morgan fingerprint density at radius 3 is 2.32 bits per heavy atom. The number of likely N-dealkylation sites (N-methyl/N-ethyl adjacent to an activating group) is 1. The van der Waals surface area contributed by atoms with Gasteiger partial charge < -0.3 is 49.2 Å². The average molecular weight is 1210 g/mol. The van der Waals surface area contributed by atoms with Crippen molar-refractivity contribution in [1.82, 2.24) is 25.8 Å². The molecule has 84 heavy (non-hydrogen) atoms. The number of carbonyl (C=O) groups excluding carboxylic acids is 10. The van der Waals surface area contributed by atoms with Crippen LogP contribution in [0.1, 0.15) is 131 Å². The number of hydrogen-bond donors (Lipinski definition) is 4. The molecule has 4 fully saturated rings. The van der Waals surface area contributed by atoms with Crippen molar-refractivity contribution in [2.75, 3.05) is 58.6 Å². The van der Waals surface area contributed by atoms with Crippen LogP contribution in [0, 0.1) is 17.8 Å². The van der Waals surface area contributed by atoms with E-state index in [2.05, 4.69) is 16.0 Å². The standard InChI is InChI=1S/C60H81ClN6O16S/c1-11-34(2)24-40-26-44(53(61)45(27-40)80-10)66(8)51(72)29-48(59(6)54(83-59)35(3)46-30-60(78,37(5)79-9)64-58(77)81-46)82-57(76)36(4)65(7)50(71)20-23-84-47-28-52(73)67(56(47)75)22-21-62-55(74)41-16-13-39(14-17-41)31-63-49(70)19-15-38-12-18-42(32-68)43(25-38)33-69/h11-12,18,25-27,32-33,35-37,39,41,46-48,54,78H,13-17,19-24,28-31H2,1-10H3,(H,62,74)(H,63,70)(H,64,77)/b34-11+/t35?,36-,37?,39?,41?,46?,47?,48-,54?,59?,60?/m0/s1. The predicted molar refractivity (Wildman–Crippen MR) is 312 cm³/mol. The smallest absolute Gasteiger partial charge is 0.409 e. The zero-order chi connectivity index (χ0) is 61.8. The maximum atomic E-state index is 14.4. The number of nitrogens with one attached hydrogen (secondary N) is 3. The molecule has 1 aliphatic carbocycles. The number of aliphatic hydroxyl groups is 1. The molecule has 2 aromatic carbocycles. The number of thioether (sulfide) groups is 1. The Kier molecular flexibility index (Phi) is 23.5. The second-order valence-electron chi connectivity index (χ2n) is 22.6. The zero-order valence-corrected chi connectivity index (χ0v) is 51.2. The largest absolute Gasteiger partial charge is 0.495 e. The number of amides is 7. The summed E-state index contributed by atoms with van der Waals surface area (Å²) in [5, 5.41) is 19.1. The Bertz CT molecular complexity index is 2830. The van der Waals surface area contributed by atoms with Gasteiger partial charge in [0.25, 0.3) is 0 Å². The van der Waals surface area contributed by atoms with E-state index >= 15 is 0 Å². The Labute approximate surface area is 500 Å². The fourth-order valence-electron chi connectivity index (χ4n) is 10.9. The van der Waals surface area contributed by atoms with E-state index < -0.39 is 95.1 Å². The van der Waals surface area contributed by atoms with Crippen LogP contribution in [0.3, 0.4) is 0 Å². The molecule has 24 heteroatoms. The second-order valence-corrected chi connectivity index (χ2v) is 24.3. The second kappa shape index (κ2) is 29.6. The molecule has 0 spiro atoms. The van der Waals surface area contributed by atoms with Crippen LogP contribution in [0.2, 0.25) is 5.02 Å². The molecule has 9 atom stereocenters. The first kappa shape index (κ1) is 66.7. The molecule has 3 saturated heterocycles. The summed E-state index contributed by atoms with van der Waals surface area (Å²) in [5.74, 6) is -3.07. The van der Waals surface area contributed by atoms with Gasteiger partial charge in [-0.2, -0.15) is 0 Å². The van der Waals surface area contributed by atoms with Gasteiger partial charge in [-0.25, -0.2) is 9.59 Å². The van der Waals surface area contributed by atoms with Crippen LogP contribution >= 0.6 is 23.4 Å². The molecule has 0 radical (unpaired) electrons. The predicted octanol–water partition coefficient (Wildman–Crippen LogP) is 5.53. The Hall–Kier alpha value is -6.40. The lowest BCUT2D eigenvalue weighted by atomic mass is 9.81. The van der Waals surface area contributed by atoms with Gasteiger partial charge in [0.15, 0.2) is 18.3 Å². The monoisotopic (exact) mass is 1210 g/mol. The molecule has 7 amide bonds. The molecule has 3 heterocycles. The van der Waals surface area contributed by atoms with Crippen molar-refractivity contribution in [3.63, 3.8) is 0 Å². The SMILES string of the molecule is C/C=C(\C)Cc1cc(OC)c(Cl)c(N(C)C(=O)C[C@H](OC(=O)[C@H](C)N(C)C(=O)CCSC2CC(=O)N(CCNC(=O)C3CCC(CNC(=O)CCc4ccc(C=O)c(C=O)c4)CC3)C2=O)C2(C)OC2C(C)C2CC(O)(C(C)OC)NC(=O)O2)c1. The minimum Gasteiger partial charge on any atom is -0.495 e. The van der Waals surface area contributed by atoms with Crippen molar-refractivity contribution in [3.8, 4) is 5.75 Å². The lowest BCUT2D eigenvalue weighted by Gasteiger charge is -2.41. The third-order valence-electron chi connectivity index (χ3n) is 17.0. The molecular weight excluding hydrogens is 1130 g/mol. The quantitative estimate of drug-likeness (QED) is 0.0256. The fraction of sp³-hybridized carbons (Fsp3) is 0.600. The number of likely N-dealkylation sites (tertiary alicyclic amines) is 1. The van der Waals surface area contributed by atoms with Crippen molar-refractivity contribution in [2.45, 2.75) is 159 Å². The lowest BCUT2D eigenvalue weighted by Crippen LogP contribution is -2.63. The molecule has 1 saturated carbocycles. The number of methoxy groups -OCH3 is 2. The number of halogens is 1. The molecule has 6 rings (SSSR count). The van der Waals surface area contributed by atoms with E-state index in [-0.39, 0.29) is 78.8 Å². The number of allylic oxidation sites excluding steroid dienone is 2. The number of esters is 1. The molecule has 4 N–H and O–H groups in total. The van der Waals surface area contributed by atoms with Gasteiger partial charge in [0.05, 0.1) is 30.6 Å². The summed E-state index contributed by atoms with van der Waals surface area (Å²) >= 11 is 7.94. The molecule has 2 aromatic rings. The molecule has 0 bridgehead atoms. The van der Waals surface area contributed by atoms with Crippen molar-refractivity contribution in [2.24, 2.45) is 17.8 Å². The van der Waals surface area contributed by atoms with E-state index in [1.807, 2.05) is 19.9 Å². The third-order valence-corrected chi connectivity index (χ3v) is 18.6. The summed E-state index contributed by atoms with van der Waals surface area (Å²) in [7, 11) is 5.84. The third kappa shape index (κ3) is 16.5. The first-order valence-electron chi connectivity index (χ1n) is 28.5. The van der Waals surface area contributed by atoms with Gasteiger partial charge in [0, 0.05) is 95.2 Å². The van der Waals surface area contributed by atoms with Crippen molar-refractivity contribution in [3.05, 3.63) is 69.3 Å². The number of hydrogen-bond acceptors (Lipinski definition) is 17. The highest BCUT2D eigenvalue weighted by Crippen LogP contribution is 2.49. The average Bonchev–Trinajstić information content (AvgIpc) is 2.35. The van der Waals surface area contributed by atoms with Gasteiger partial charge in [-0.15, -0.1) is 11.8 Å². The summed E-state index contributed by atoms with van der Waals surface area (Å²) in [4.78, 5) is 133. The first-order chi connectivity index (χ1) is 39.8. The van der Waals surface area contributed by atoms with Crippen LogP contribution < -0.4 is 25.6 Å². The number of aryl methyl sites for hydroxylation is 1. The topological polar surface area (TPSA) is 286 Å². The van der Waals surface area contributed by atoms with E-state index in [9.17, 15) is 53.1 Å². The number of cyclic esters (lactones) is 1. The van der Waals surface area contributed by atoms with E-state index in [1.54, 1.807) is 51.1 Å². The van der Waals surface area contributed by atoms with Gasteiger partial charge in [0.1, 0.15) is 40.7 Å². The van der Waals surface area contributed by atoms with E-state index in [0.717, 1.165) is 46.2 Å². The molecule has 0 aromatic heterocycles. The van der Waals surface area contributed by atoms with Crippen LogP contribution in [-0.4, -0.2) is 176 Å². The maximum Gasteiger partial charge on any atom is 0.409 e. The summed E-state index contributed by atoms with van der Waals surface area (Å²) in [6.07, 6.45) is 1.90. The number of ether oxygens (including phenoxy) is 5. The number of anilines is 1. The van der Waals surface area contributed by atoms with Gasteiger partial charge in [-0.05, 0) is 108 Å². The number of aldehydes is 2. The summed E-state index contributed by atoms with van der Waals surface area (Å²) in [5.41, 5.74) is 0.519. The number of carbonyl (C=O) groups is 10. The number of benzene rings is 2. The molecule has 460 valence electrons. The minimum absolute atomic E-state index is 0.0117. The summed E-state index contributed by atoms with van der Waals surface area (Å²) in [6.45, 7) is 10.9. The van der Waals surface area contributed by atoms with Gasteiger partial charge in [-0.3, -0.25) is 48.6 Å². The highest BCUT2D eigenvalue weighted by molar-refractivity contribution is 8.00. The zero-order valence-electron chi connectivity index (χ0n) is 49.6.